The van der Waals surface area contributed by atoms with E-state index in [4.69, 9.17) is 0 Å². The van der Waals surface area contributed by atoms with Crippen LogP contribution < -0.4 is 0 Å². The van der Waals surface area contributed by atoms with E-state index in [0.717, 1.165) is 32.0 Å². The van der Waals surface area contributed by atoms with E-state index < -0.39 is 17.7 Å². The van der Waals surface area contributed by atoms with Crippen LogP contribution in [0.2, 0.25) is 0 Å². The summed E-state index contributed by atoms with van der Waals surface area (Å²) in [7, 11) is 0. The third-order valence-corrected chi connectivity index (χ3v) is 3.89. The van der Waals surface area contributed by atoms with Crippen molar-refractivity contribution in [3.8, 4) is 0 Å². The normalized spacial score (nSPS) is 13.2. The fourth-order valence-corrected chi connectivity index (χ4v) is 2.37. The number of nitrogens with zero attached hydrogens (tertiary/aromatic N) is 1. The zero-order chi connectivity index (χ0) is 15.1. The lowest BCUT2D eigenvalue weighted by atomic mass is 10.0. The first kappa shape index (κ1) is 17.1. The first-order valence-corrected chi connectivity index (χ1v) is 7.37. The van der Waals surface area contributed by atoms with Gasteiger partial charge < -0.3 is 10.0 Å². The molecule has 0 aromatic heterocycles. The van der Waals surface area contributed by atoms with E-state index in [0.29, 0.717) is 12.5 Å². The number of benzene rings is 1. The van der Waals surface area contributed by atoms with Gasteiger partial charge >= 0.3 is 0 Å². The summed E-state index contributed by atoms with van der Waals surface area (Å²) in [5.41, 5.74) is 0.0352. The highest BCUT2D eigenvalue weighted by molar-refractivity contribution is 5.21. The molecule has 4 heteroatoms. The van der Waals surface area contributed by atoms with Crippen LogP contribution in [0.4, 0.5) is 8.78 Å². The number of hydrogen-bond donors (Lipinski definition) is 1. The largest absolute Gasteiger partial charge is 0.387 e. The Bertz CT molecular complexity index is 407. The van der Waals surface area contributed by atoms with Crippen LogP contribution in [-0.4, -0.2) is 29.6 Å². The highest BCUT2D eigenvalue weighted by atomic mass is 19.2. The Kier molecular flexibility index (Phi) is 7.10. The summed E-state index contributed by atoms with van der Waals surface area (Å²) in [6.45, 7) is 8.28. The van der Waals surface area contributed by atoms with Gasteiger partial charge in [-0.15, -0.1) is 0 Å². The van der Waals surface area contributed by atoms with Gasteiger partial charge in [-0.2, -0.15) is 0 Å². The van der Waals surface area contributed by atoms with Crippen molar-refractivity contribution in [2.75, 3.05) is 19.6 Å². The number of likely N-dealkylation sites (N-methyl/N-ethyl adjacent to an activating group) is 1. The van der Waals surface area contributed by atoms with E-state index in [1.807, 2.05) is 6.92 Å². The van der Waals surface area contributed by atoms with Gasteiger partial charge in [0.15, 0.2) is 11.6 Å². The van der Waals surface area contributed by atoms with Crippen molar-refractivity contribution in [2.24, 2.45) is 5.92 Å². The molecule has 1 unspecified atom stereocenters. The van der Waals surface area contributed by atoms with Crippen molar-refractivity contribution in [2.45, 2.75) is 39.7 Å². The molecule has 0 radical (unpaired) electrons. The number of hydrogen-bond acceptors (Lipinski definition) is 2. The quantitative estimate of drug-likeness (QED) is 0.786. The molecule has 0 aliphatic rings. The molecule has 1 N–H and O–H groups in total. The van der Waals surface area contributed by atoms with Gasteiger partial charge in [-0.3, -0.25) is 0 Å². The SMILES string of the molecule is CCC(CC)CN(CC)CC(O)c1cccc(F)c1F. The molecule has 2 nitrogen and oxygen atoms in total. The van der Waals surface area contributed by atoms with Gasteiger partial charge in [-0.25, -0.2) is 8.78 Å². The third kappa shape index (κ3) is 4.53. The minimum Gasteiger partial charge on any atom is -0.387 e. The summed E-state index contributed by atoms with van der Waals surface area (Å²) in [5.74, 6) is -1.29. The Labute approximate surface area is 120 Å². The average molecular weight is 285 g/mol. The first-order chi connectivity index (χ1) is 9.53. The standard InChI is InChI=1S/C16H25F2NO/c1-4-12(5-2)10-19(6-3)11-15(20)13-8-7-9-14(17)16(13)18/h7-9,12,15,20H,4-6,10-11H2,1-3H3. The van der Waals surface area contributed by atoms with Crippen molar-refractivity contribution in [1.82, 2.24) is 4.90 Å². The maximum atomic E-state index is 13.6. The zero-order valence-electron chi connectivity index (χ0n) is 12.6. The molecule has 0 aliphatic heterocycles. The van der Waals surface area contributed by atoms with E-state index >= 15 is 0 Å². The van der Waals surface area contributed by atoms with E-state index in [1.165, 1.54) is 12.1 Å². The van der Waals surface area contributed by atoms with Crippen LogP contribution in [0.5, 0.6) is 0 Å². The second-order valence-electron chi connectivity index (χ2n) is 5.19. The monoisotopic (exact) mass is 285 g/mol. The van der Waals surface area contributed by atoms with Gasteiger partial charge in [0.25, 0.3) is 0 Å². The van der Waals surface area contributed by atoms with Crippen molar-refractivity contribution in [1.29, 1.82) is 0 Å². The fraction of sp³-hybridized carbons (Fsp3) is 0.625. The summed E-state index contributed by atoms with van der Waals surface area (Å²) >= 11 is 0. The van der Waals surface area contributed by atoms with Crippen molar-refractivity contribution >= 4 is 0 Å². The lowest BCUT2D eigenvalue weighted by molar-refractivity contribution is 0.101. The zero-order valence-corrected chi connectivity index (χ0v) is 12.6. The van der Waals surface area contributed by atoms with Crippen molar-refractivity contribution in [3.05, 3.63) is 35.4 Å². The molecule has 114 valence electrons. The van der Waals surface area contributed by atoms with E-state index in [9.17, 15) is 13.9 Å². The predicted octanol–water partition coefficient (Wildman–Crippen LogP) is 3.76. The summed E-state index contributed by atoms with van der Waals surface area (Å²) in [6, 6.07) is 3.93. The molecular weight excluding hydrogens is 260 g/mol. The highest BCUT2D eigenvalue weighted by Gasteiger charge is 2.19. The molecule has 0 fully saturated rings. The second-order valence-corrected chi connectivity index (χ2v) is 5.19. The topological polar surface area (TPSA) is 23.5 Å². The van der Waals surface area contributed by atoms with Gasteiger partial charge in [-0.1, -0.05) is 45.7 Å². The molecule has 0 saturated heterocycles. The molecule has 1 aromatic rings. The van der Waals surface area contributed by atoms with Crippen LogP contribution in [0.1, 0.15) is 45.3 Å². The minimum absolute atomic E-state index is 0.0352. The minimum atomic E-state index is -1.000. The molecule has 1 rings (SSSR count). The smallest absolute Gasteiger partial charge is 0.164 e. The lowest BCUT2D eigenvalue weighted by Gasteiger charge is -2.27. The molecule has 0 spiro atoms. The Morgan fingerprint density at radius 3 is 2.30 bits per heavy atom. The fourth-order valence-electron chi connectivity index (χ4n) is 2.37. The van der Waals surface area contributed by atoms with Crippen LogP contribution in [0.25, 0.3) is 0 Å². The second kappa shape index (κ2) is 8.32. The Balaban J connectivity index is 2.71. The summed E-state index contributed by atoms with van der Waals surface area (Å²) < 4.78 is 26.8. The highest BCUT2D eigenvalue weighted by Crippen LogP contribution is 2.21. The number of rotatable bonds is 8. The number of aliphatic hydroxyl groups excluding tert-OH is 1. The Morgan fingerprint density at radius 1 is 1.10 bits per heavy atom. The van der Waals surface area contributed by atoms with Crippen LogP contribution in [0.15, 0.2) is 18.2 Å². The molecule has 20 heavy (non-hydrogen) atoms. The number of aliphatic hydroxyl groups is 1. The Morgan fingerprint density at radius 2 is 1.75 bits per heavy atom. The van der Waals surface area contributed by atoms with Gasteiger partial charge in [-0.05, 0) is 18.5 Å². The van der Waals surface area contributed by atoms with Crippen LogP contribution >= 0.6 is 0 Å². The Hall–Kier alpha value is -1.00. The first-order valence-electron chi connectivity index (χ1n) is 7.37. The average Bonchev–Trinajstić information content (AvgIpc) is 2.46. The molecule has 1 aromatic carbocycles. The van der Waals surface area contributed by atoms with E-state index in [-0.39, 0.29) is 5.56 Å². The van der Waals surface area contributed by atoms with E-state index in [2.05, 4.69) is 18.7 Å². The molecule has 0 aliphatic carbocycles. The van der Waals surface area contributed by atoms with Crippen LogP contribution in [0.3, 0.4) is 0 Å². The molecule has 0 saturated carbocycles. The van der Waals surface area contributed by atoms with Crippen LogP contribution in [-0.2, 0) is 0 Å². The van der Waals surface area contributed by atoms with E-state index in [1.54, 1.807) is 0 Å². The van der Waals surface area contributed by atoms with Crippen LogP contribution in [0, 0.1) is 17.6 Å². The van der Waals surface area contributed by atoms with Gasteiger partial charge in [0, 0.05) is 18.7 Å². The summed E-state index contributed by atoms with van der Waals surface area (Å²) in [4.78, 5) is 2.09. The summed E-state index contributed by atoms with van der Waals surface area (Å²) in [5, 5.41) is 10.1. The molecule has 0 bridgehead atoms. The van der Waals surface area contributed by atoms with Gasteiger partial charge in [0.1, 0.15) is 0 Å². The maximum Gasteiger partial charge on any atom is 0.164 e. The maximum absolute atomic E-state index is 13.6. The predicted molar refractivity (Wildman–Crippen MR) is 77.5 cm³/mol. The van der Waals surface area contributed by atoms with Gasteiger partial charge in [0.05, 0.1) is 6.10 Å². The summed E-state index contributed by atoms with van der Waals surface area (Å²) in [6.07, 6.45) is 1.16. The van der Waals surface area contributed by atoms with Crippen molar-refractivity contribution < 1.29 is 13.9 Å². The molecular formula is C16H25F2NO. The molecule has 0 amide bonds. The van der Waals surface area contributed by atoms with Crippen molar-refractivity contribution in [3.63, 3.8) is 0 Å². The lowest BCUT2D eigenvalue weighted by Crippen LogP contribution is -2.33. The number of halogens is 2. The molecule has 1 atom stereocenters. The third-order valence-electron chi connectivity index (χ3n) is 3.89. The molecule has 0 heterocycles. The van der Waals surface area contributed by atoms with Gasteiger partial charge in [0.2, 0.25) is 0 Å².